The van der Waals surface area contributed by atoms with E-state index in [1.807, 2.05) is 6.92 Å². The molecule has 278 valence electrons. The van der Waals surface area contributed by atoms with Gasteiger partial charge in [0.25, 0.3) is 0 Å². The second-order valence-corrected chi connectivity index (χ2v) is 17.6. The van der Waals surface area contributed by atoms with Gasteiger partial charge in [0.05, 0.1) is 11.1 Å². The summed E-state index contributed by atoms with van der Waals surface area (Å²) in [5.74, 6) is -2.06. The first-order valence-electron chi connectivity index (χ1n) is 18.7. The van der Waals surface area contributed by atoms with Crippen LogP contribution >= 0.6 is 0 Å². The van der Waals surface area contributed by atoms with Crippen molar-refractivity contribution in [3.8, 4) is 0 Å². The molecule has 0 aromatic heterocycles. The number of carbonyl (C=O) groups excluding carboxylic acids is 2. The quantitative estimate of drug-likeness (QED) is 0.184. The maximum Gasteiger partial charge on any atom is 0.335 e. The van der Waals surface area contributed by atoms with Crippen molar-refractivity contribution >= 4 is 23.5 Å². The highest BCUT2D eigenvalue weighted by atomic mass is 16.4. The van der Waals surface area contributed by atoms with Gasteiger partial charge in [-0.3, -0.25) is 9.59 Å². The number of hydrogen-bond acceptors (Lipinski definition) is 4. The molecule has 2 aliphatic carbocycles. The molecule has 6 heteroatoms. The fourth-order valence-electron chi connectivity index (χ4n) is 7.97. The minimum absolute atomic E-state index is 0.0363. The lowest BCUT2D eigenvalue weighted by molar-refractivity contribution is 0.0686. The highest BCUT2D eigenvalue weighted by Crippen LogP contribution is 2.48. The van der Waals surface area contributed by atoms with Crippen LogP contribution in [-0.2, 0) is 28.1 Å². The van der Waals surface area contributed by atoms with Crippen molar-refractivity contribution < 1.29 is 29.4 Å². The van der Waals surface area contributed by atoms with Crippen molar-refractivity contribution in [3.63, 3.8) is 0 Å². The fraction of sp³-hybridized carbons (Fsp3) is 0.404. The number of carboxylic acids is 2. The van der Waals surface area contributed by atoms with Gasteiger partial charge in [0.15, 0.2) is 11.6 Å². The lowest BCUT2D eigenvalue weighted by Crippen LogP contribution is -2.34. The molecule has 6 rings (SSSR count). The number of carbonyl (C=O) groups is 4. The summed E-state index contributed by atoms with van der Waals surface area (Å²) < 4.78 is 0. The Hall–Kier alpha value is -4.84. The van der Waals surface area contributed by atoms with Gasteiger partial charge >= 0.3 is 11.9 Å². The highest BCUT2D eigenvalue weighted by Gasteiger charge is 2.39. The van der Waals surface area contributed by atoms with Crippen LogP contribution in [0, 0.1) is 6.92 Å². The third-order valence-electron chi connectivity index (χ3n) is 11.9. The van der Waals surface area contributed by atoms with Crippen molar-refractivity contribution in [2.24, 2.45) is 0 Å². The van der Waals surface area contributed by atoms with E-state index in [4.69, 9.17) is 10.2 Å². The van der Waals surface area contributed by atoms with Crippen LogP contribution in [0.2, 0.25) is 0 Å². The van der Waals surface area contributed by atoms with Crippen LogP contribution in [0.25, 0.3) is 0 Å². The Kier molecular flexibility index (Phi) is 10.5. The van der Waals surface area contributed by atoms with Gasteiger partial charge in [-0.15, -0.1) is 0 Å². The molecule has 0 saturated carbocycles. The molecule has 0 aliphatic heterocycles. The van der Waals surface area contributed by atoms with E-state index in [0.717, 1.165) is 48.8 Å². The number of aryl methyl sites for hydroxylation is 2. The molecule has 4 aromatic carbocycles. The SMILES string of the molecule is CCc1cc2c(cc1C(=O)c1ccc(C(=O)O)cc1)C(C)(C)CCC2(C)C.Cc1cc2c(cc1C(=O)c1ccc(C(=O)O)cc1)C(C)(C)CCC2(C)C. The van der Waals surface area contributed by atoms with Gasteiger partial charge in [-0.2, -0.15) is 0 Å². The summed E-state index contributed by atoms with van der Waals surface area (Å²) in [6.07, 6.45) is 5.25. The van der Waals surface area contributed by atoms with Crippen LogP contribution in [0.4, 0.5) is 0 Å². The first kappa shape index (κ1) is 39.4. The van der Waals surface area contributed by atoms with Gasteiger partial charge in [-0.05, 0) is 130 Å². The van der Waals surface area contributed by atoms with Crippen molar-refractivity contribution in [1.29, 1.82) is 0 Å². The molecule has 0 bridgehead atoms. The summed E-state index contributed by atoms with van der Waals surface area (Å²) in [7, 11) is 0. The van der Waals surface area contributed by atoms with Gasteiger partial charge in [0.2, 0.25) is 0 Å². The molecular weight excluding hydrogens is 661 g/mol. The second kappa shape index (κ2) is 14.2. The normalized spacial score (nSPS) is 17.3. The molecule has 2 N–H and O–H groups in total. The third-order valence-corrected chi connectivity index (χ3v) is 11.9. The molecule has 0 spiro atoms. The summed E-state index contributed by atoms with van der Waals surface area (Å²) in [5.41, 5.74) is 10.4. The van der Waals surface area contributed by atoms with Gasteiger partial charge in [0.1, 0.15) is 0 Å². The van der Waals surface area contributed by atoms with Crippen LogP contribution in [-0.4, -0.2) is 33.7 Å². The predicted octanol–water partition coefficient (Wildman–Crippen LogP) is 10.8. The summed E-state index contributed by atoms with van der Waals surface area (Å²) in [6, 6.07) is 20.9. The number of ketones is 2. The van der Waals surface area contributed by atoms with Gasteiger partial charge in [-0.25, -0.2) is 9.59 Å². The first-order chi connectivity index (χ1) is 24.6. The molecule has 0 atom stereocenters. The van der Waals surface area contributed by atoms with Gasteiger partial charge in [0, 0.05) is 22.3 Å². The van der Waals surface area contributed by atoms with Crippen molar-refractivity contribution in [2.45, 2.75) is 123 Å². The van der Waals surface area contributed by atoms with Crippen LogP contribution in [0.5, 0.6) is 0 Å². The maximum atomic E-state index is 13.2. The summed E-state index contributed by atoms with van der Waals surface area (Å²) in [4.78, 5) is 48.4. The summed E-state index contributed by atoms with van der Waals surface area (Å²) in [6.45, 7) is 22.2. The van der Waals surface area contributed by atoms with E-state index >= 15 is 0 Å². The fourth-order valence-corrected chi connectivity index (χ4v) is 7.97. The Labute approximate surface area is 314 Å². The molecular formula is C47H54O6. The molecule has 6 nitrogen and oxygen atoms in total. The first-order valence-corrected chi connectivity index (χ1v) is 18.7. The number of aromatic carboxylic acids is 2. The van der Waals surface area contributed by atoms with E-state index in [1.165, 1.54) is 46.5 Å². The topological polar surface area (TPSA) is 109 Å². The Balaban J connectivity index is 0.000000204. The zero-order valence-electron chi connectivity index (χ0n) is 33.0. The van der Waals surface area contributed by atoms with Crippen molar-refractivity contribution in [1.82, 2.24) is 0 Å². The molecule has 0 fully saturated rings. The zero-order chi connectivity index (χ0) is 39.3. The average molecular weight is 715 g/mol. The monoisotopic (exact) mass is 714 g/mol. The lowest BCUT2D eigenvalue weighted by Gasteiger charge is -2.42. The van der Waals surface area contributed by atoms with Gasteiger partial charge in [-0.1, -0.05) is 98.7 Å². The third kappa shape index (κ3) is 7.78. The van der Waals surface area contributed by atoms with Crippen LogP contribution in [0.3, 0.4) is 0 Å². The predicted molar refractivity (Wildman–Crippen MR) is 211 cm³/mol. The molecule has 0 saturated heterocycles. The van der Waals surface area contributed by atoms with E-state index in [1.54, 1.807) is 24.3 Å². The molecule has 53 heavy (non-hydrogen) atoms. The van der Waals surface area contributed by atoms with Crippen LogP contribution < -0.4 is 0 Å². The van der Waals surface area contributed by atoms with Crippen LogP contribution in [0.15, 0.2) is 72.8 Å². The molecule has 0 amide bonds. The molecule has 2 aliphatic rings. The Morgan fingerprint density at radius 3 is 1.15 bits per heavy atom. The number of hydrogen-bond donors (Lipinski definition) is 2. The minimum atomic E-state index is -0.988. The van der Waals surface area contributed by atoms with E-state index in [0.29, 0.717) is 16.7 Å². The summed E-state index contributed by atoms with van der Waals surface area (Å²) in [5, 5.41) is 18.1. The van der Waals surface area contributed by atoms with E-state index in [9.17, 15) is 19.2 Å². The zero-order valence-corrected chi connectivity index (χ0v) is 33.0. The van der Waals surface area contributed by atoms with E-state index < -0.39 is 11.9 Å². The molecule has 0 heterocycles. The summed E-state index contributed by atoms with van der Waals surface area (Å²) >= 11 is 0. The lowest BCUT2D eigenvalue weighted by atomic mass is 9.62. The Morgan fingerprint density at radius 1 is 0.491 bits per heavy atom. The van der Waals surface area contributed by atoms with Crippen molar-refractivity contribution in [2.75, 3.05) is 0 Å². The van der Waals surface area contributed by atoms with E-state index in [2.05, 4.69) is 86.6 Å². The molecule has 0 unspecified atom stereocenters. The Bertz CT molecular complexity index is 2090. The average Bonchev–Trinajstić information content (AvgIpc) is 3.11. The Morgan fingerprint density at radius 2 is 0.792 bits per heavy atom. The second-order valence-electron chi connectivity index (χ2n) is 17.6. The number of fused-ring (bicyclic) bond motifs is 2. The largest absolute Gasteiger partial charge is 0.478 e. The van der Waals surface area contributed by atoms with Gasteiger partial charge < -0.3 is 10.2 Å². The van der Waals surface area contributed by atoms with Crippen molar-refractivity contribution in [3.05, 3.63) is 140 Å². The number of carboxylic acid groups (broad SMARTS) is 2. The number of rotatable bonds is 7. The number of benzene rings is 4. The molecule has 0 radical (unpaired) electrons. The van der Waals surface area contributed by atoms with E-state index in [-0.39, 0.29) is 44.4 Å². The highest BCUT2D eigenvalue weighted by molar-refractivity contribution is 6.11. The maximum absolute atomic E-state index is 13.2. The smallest absolute Gasteiger partial charge is 0.335 e. The van der Waals surface area contributed by atoms with Crippen LogP contribution in [0.1, 0.15) is 174 Å². The molecule has 4 aromatic rings. The standard InChI is InChI=1S/C24H28O3.C23H26O3/c1-6-15-13-19-20(24(4,5)12-11-23(19,2)3)14-18(15)21(25)16-7-9-17(10-8-16)22(26)27;1-14-12-18-19(23(4,5)11-10-22(18,2)3)13-17(14)20(24)15-6-8-16(9-7-15)21(25)26/h7-10,13-14H,6,11-12H2,1-5H3,(H,26,27);6-9,12-13H,10-11H2,1-5H3,(H,25,26). The minimum Gasteiger partial charge on any atom is -0.478 e.